The van der Waals surface area contributed by atoms with E-state index in [0.29, 0.717) is 37.4 Å². The van der Waals surface area contributed by atoms with Crippen LogP contribution < -0.4 is 5.32 Å². The van der Waals surface area contributed by atoms with Gasteiger partial charge in [-0.15, -0.1) is 0 Å². The van der Waals surface area contributed by atoms with Crippen LogP contribution >= 0.6 is 0 Å². The summed E-state index contributed by atoms with van der Waals surface area (Å²) < 4.78 is 66.1. The van der Waals surface area contributed by atoms with E-state index in [4.69, 9.17) is 0 Å². The van der Waals surface area contributed by atoms with Crippen LogP contribution in [0, 0.1) is 5.92 Å². The van der Waals surface area contributed by atoms with Crippen LogP contribution in [0.5, 0.6) is 0 Å². The van der Waals surface area contributed by atoms with Crippen molar-refractivity contribution in [3.8, 4) is 0 Å². The molecule has 1 aromatic carbocycles. The monoisotopic (exact) mass is 583 g/mol. The first-order chi connectivity index (χ1) is 18.7. The fourth-order valence-electron chi connectivity index (χ4n) is 6.33. The molecular weight excluding hydrogens is 543 g/mol. The van der Waals surface area contributed by atoms with Gasteiger partial charge >= 0.3 is 6.18 Å². The van der Waals surface area contributed by atoms with Gasteiger partial charge in [0.15, 0.2) is 9.84 Å². The lowest BCUT2D eigenvalue weighted by Crippen LogP contribution is -2.53. The number of aromatic nitrogens is 2. The number of halogens is 3. The van der Waals surface area contributed by atoms with E-state index in [2.05, 4.69) is 41.0 Å². The summed E-state index contributed by atoms with van der Waals surface area (Å²) >= 11 is 0. The molecule has 12 heteroatoms. The maximum Gasteiger partial charge on any atom is 0.416 e. The molecule has 1 saturated carbocycles. The minimum absolute atomic E-state index is 0.0279. The van der Waals surface area contributed by atoms with Gasteiger partial charge in [0.2, 0.25) is 5.91 Å². The van der Waals surface area contributed by atoms with Crippen molar-refractivity contribution in [1.82, 2.24) is 19.8 Å². The third-order valence-electron chi connectivity index (χ3n) is 8.49. The first-order valence-corrected chi connectivity index (χ1v) is 15.8. The van der Waals surface area contributed by atoms with Gasteiger partial charge in [0.1, 0.15) is 18.2 Å². The van der Waals surface area contributed by atoms with Crippen LogP contribution in [0.25, 0.3) is 10.9 Å². The number of likely N-dealkylation sites (tertiary alicyclic amines) is 1. The number of anilines is 1. The molecule has 1 aliphatic carbocycles. The Hall–Kier alpha value is -2.47. The zero-order valence-electron chi connectivity index (χ0n) is 23.8. The fraction of sp³-hybridized carbons (Fsp3) is 0.679. The van der Waals surface area contributed by atoms with Gasteiger partial charge < -0.3 is 10.2 Å². The van der Waals surface area contributed by atoms with Crippen LogP contribution in [0.1, 0.15) is 65.9 Å². The highest BCUT2D eigenvalue weighted by atomic mass is 32.2. The molecule has 40 heavy (non-hydrogen) atoms. The van der Waals surface area contributed by atoms with Gasteiger partial charge in [0, 0.05) is 30.1 Å². The van der Waals surface area contributed by atoms with Crippen molar-refractivity contribution < 1.29 is 26.4 Å². The van der Waals surface area contributed by atoms with E-state index in [-0.39, 0.29) is 40.9 Å². The van der Waals surface area contributed by atoms with Crippen LogP contribution in [0.4, 0.5) is 19.0 Å². The van der Waals surface area contributed by atoms with Crippen molar-refractivity contribution in [2.45, 2.75) is 95.9 Å². The van der Waals surface area contributed by atoms with Crippen LogP contribution in [0.3, 0.4) is 0 Å². The van der Waals surface area contributed by atoms with E-state index >= 15 is 0 Å². The van der Waals surface area contributed by atoms with Gasteiger partial charge in [-0.3, -0.25) is 9.69 Å². The van der Waals surface area contributed by atoms with Crippen LogP contribution in [-0.2, 0) is 20.8 Å². The second kappa shape index (κ2) is 11.8. The van der Waals surface area contributed by atoms with E-state index in [1.54, 1.807) is 18.7 Å². The summed E-state index contributed by atoms with van der Waals surface area (Å²) in [5.74, 6) is -0.171. The smallest absolute Gasteiger partial charge is 0.358 e. The Labute approximate surface area is 234 Å². The molecular formula is C28H40F3N5O3S. The maximum absolute atomic E-state index is 13.7. The predicted molar refractivity (Wildman–Crippen MR) is 150 cm³/mol. The molecule has 2 aromatic rings. The normalized spacial score (nSPS) is 24.6. The van der Waals surface area contributed by atoms with Crippen molar-refractivity contribution in [1.29, 1.82) is 0 Å². The fourth-order valence-corrected chi connectivity index (χ4v) is 7.67. The molecule has 1 N–H and O–H groups in total. The third kappa shape index (κ3) is 6.37. The average Bonchev–Trinajstić information content (AvgIpc) is 3.23. The van der Waals surface area contributed by atoms with E-state index in [0.717, 1.165) is 25.1 Å². The summed E-state index contributed by atoms with van der Waals surface area (Å²) in [6.07, 6.45) is -0.545. The van der Waals surface area contributed by atoms with Crippen molar-refractivity contribution in [3.63, 3.8) is 0 Å². The molecule has 4 rings (SSSR count). The molecule has 1 aromatic heterocycles. The van der Waals surface area contributed by atoms with Crippen molar-refractivity contribution in [2.24, 2.45) is 5.92 Å². The number of benzene rings is 1. The molecule has 4 atom stereocenters. The first kappa shape index (κ1) is 30.5. The summed E-state index contributed by atoms with van der Waals surface area (Å²) in [4.78, 5) is 26.1. The summed E-state index contributed by atoms with van der Waals surface area (Å²) in [5.41, 5.74) is -0.471. The summed E-state index contributed by atoms with van der Waals surface area (Å²) in [7, 11) is -3.34. The lowest BCUT2D eigenvalue weighted by Gasteiger charge is -2.45. The molecule has 0 bridgehead atoms. The average molecular weight is 584 g/mol. The molecule has 1 amide bonds. The molecule has 0 radical (unpaired) electrons. The molecule has 2 fully saturated rings. The highest BCUT2D eigenvalue weighted by molar-refractivity contribution is 7.91. The van der Waals surface area contributed by atoms with Gasteiger partial charge in [0.05, 0.1) is 22.1 Å². The standard InChI is InChI=1S/C28H40F3N5O3S/c1-6-35(17(2)3)21-8-10-25(19(13-21)15-40(38,39)18(4)5)36-12-11-24(27(36)37)34-26-22-14-20(28(29,30)31)7-9-23(22)32-16-33-26/h7,9,14,16-19,21,24-25H,6,8,10-13,15H2,1-5H3,(H,32,33,34)/t19-,21+,24?,25?/m0/s1. The Morgan fingerprint density at radius 1 is 1.12 bits per heavy atom. The molecule has 8 nitrogen and oxygen atoms in total. The lowest BCUT2D eigenvalue weighted by molar-refractivity contribution is -0.137. The zero-order chi connectivity index (χ0) is 29.4. The zero-order valence-corrected chi connectivity index (χ0v) is 24.6. The second-order valence-electron chi connectivity index (χ2n) is 11.6. The van der Waals surface area contributed by atoms with Gasteiger partial charge in [-0.2, -0.15) is 13.2 Å². The number of nitrogens with zero attached hydrogens (tertiary/aromatic N) is 4. The first-order valence-electron chi connectivity index (χ1n) is 14.1. The number of carbonyl (C=O) groups excluding carboxylic acids is 1. The number of hydrogen-bond donors (Lipinski definition) is 1. The molecule has 222 valence electrons. The minimum atomic E-state index is -4.52. The van der Waals surface area contributed by atoms with Crippen molar-refractivity contribution >= 4 is 32.5 Å². The van der Waals surface area contributed by atoms with Crippen molar-refractivity contribution in [3.05, 3.63) is 30.1 Å². The Kier molecular flexibility index (Phi) is 8.99. The minimum Gasteiger partial charge on any atom is -0.358 e. The number of sulfone groups is 1. The Morgan fingerprint density at radius 3 is 2.48 bits per heavy atom. The van der Waals surface area contributed by atoms with E-state index < -0.39 is 32.9 Å². The predicted octanol–water partition coefficient (Wildman–Crippen LogP) is 4.75. The molecule has 2 unspecified atom stereocenters. The molecule has 2 aliphatic rings. The van der Waals surface area contributed by atoms with E-state index in [1.165, 1.54) is 12.4 Å². The molecule has 0 spiro atoms. The molecule has 1 aliphatic heterocycles. The second-order valence-corrected chi connectivity index (χ2v) is 14.2. The number of carbonyl (C=O) groups is 1. The Balaban J connectivity index is 1.57. The maximum atomic E-state index is 13.7. The van der Waals surface area contributed by atoms with Crippen molar-refractivity contribution in [2.75, 3.05) is 24.2 Å². The van der Waals surface area contributed by atoms with Crippen LogP contribution in [0.15, 0.2) is 24.5 Å². The lowest BCUT2D eigenvalue weighted by atomic mass is 9.80. The topological polar surface area (TPSA) is 95.5 Å². The number of rotatable bonds is 9. The van der Waals surface area contributed by atoms with Gasteiger partial charge in [-0.25, -0.2) is 18.4 Å². The number of nitrogens with one attached hydrogen (secondary N) is 1. The highest BCUT2D eigenvalue weighted by Gasteiger charge is 2.44. The summed E-state index contributed by atoms with van der Waals surface area (Å²) in [5, 5.41) is 2.77. The van der Waals surface area contributed by atoms with E-state index in [1.807, 2.05) is 0 Å². The Morgan fingerprint density at radius 2 is 1.85 bits per heavy atom. The summed E-state index contributed by atoms with van der Waals surface area (Å²) in [6, 6.07) is 2.96. The van der Waals surface area contributed by atoms with Crippen LogP contribution in [0.2, 0.25) is 0 Å². The number of amides is 1. The Bertz CT molecular complexity index is 1320. The van der Waals surface area contributed by atoms with Gasteiger partial charge in [-0.05, 0) is 84.0 Å². The van der Waals surface area contributed by atoms with Gasteiger partial charge in [0.25, 0.3) is 0 Å². The quantitative estimate of drug-likeness (QED) is 0.455. The van der Waals surface area contributed by atoms with E-state index in [9.17, 15) is 26.4 Å². The number of alkyl halides is 3. The molecule has 2 heterocycles. The number of hydrogen-bond acceptors (Lipinski definition) is 7. The third-order valence-corrected chi connectivity index (χ3v) is 10.8. The van der Waals surface area contributed by atoms with Gasteiger partial charge in [-0.1, -0.05) is 6.92 Å². The molecule has 1 saturated heterocycles. The largest absolute Gasteiger partial charge is 0.416 e. The highest BCUT2D eigenvalue weighted by Crippen LogP contribution is 2.37. The number of fused-ring (bicyclic) bond motifs is 1. The SMILES string of the molecule is CCN(C(C)C)[C@@H]1CCC(N2CCC(Nc3ncnc4ccc(C(F)(F)F)cc34)C2=O)[C@H](CS(=O)(=O)C(C)C)C1. The summed E-state index contributed by atoms with van der Waals surface area (Å²) in [6.45, 7) is 11.1. The van der Waals surface area contributed by atoms with Crippen LogP contribution in [-0.4, -0.2) is 82.4 Å².